The van der Waals surface area contributed by atoms with Crippen LogP contribution in [0, 0.1) is 0 Å². The van der Waals surface area contributed by atoms with E-state index in [0.717, 1.165) is 50.9 Å². The lowest BCUT2D eigenvalue weighted by atomic mass is 10.0. The Balaban J connectivity index is 1.89. The molecular formula is C22H16BrN3. The minimum Gasteiger partial charge on any atom is -0.276 e. The van der Waals surface area contributed by atoms with Crippen molar-refractivity contribution in [2.24, 2.45) is 0 Å². The Morgan fingerprint density at radius 3 is 2.81 bits per heavy atom. The van der Waals surface area contributed by atoms with Crippen molar-refractivity contribution in [1.82, 2.24) is 14.4 Å². The molecule has 3 aromatic heterocycles. The number of benzene rings is 1. The predicted molar refractivity (Wildman–Crippen MR) is 110 cm³/mol. The largest absolute Gasteiger partial charge is 0.276 e. The van der Waals surface area contributed by atoms with E-state index >= 15 is 0 Å². The van der Waals surface area contributed by atoms with E-state index in [2.05, 4.69) is 73.9 Å². The average Bonchev–Trinajstić information content (AvgIpc) is 3.09. The molecule has 0 radical (unpaired) electrons. The van der Waals surface area contributed by atoms with Crippen LogP contribution in [0.4, 0.5) is 0 Å². The zero-order valence-electron chi connectivity index (χ0n) is 14.1. The number of nitrogens with zero attached hydrogens (tertiary/aromatic N) is 3. The fourth-order valence-electron chi connectivity index (χ4n) is 3.52. The van der Waals surface area contributed by atoms with Gasteiger partial charge in [0.05, 0.1) is 11.2 Å². The van der Waals surface area contributed by atoms with Crippen molar-refractivity contribution in [3.8, 4) is 11.4 Å². The van der Waals surface area contributed by atoms with Gasteiger partial charge < -0.3 is 0 Å². The highest BCUT2D eigenvalue weighted by Crippen LogP contribution is 2.32. The highest BCUT2D eigenvalue weighted by atomic mass is 79.9. The number of fused-ring (bicyclic) bond motifs is 3. The Morgan fingerprint density at radius 1 is 1.00 bits per heavy atom. The van der Waals surface area contributed by atoms with Crippen molar-refractivity contribution in [3.63, 3.8) is 0 Å². The molecule has 4 aromatic rings. The third-order valence-corrected chi connectivity index (χ3v) is 5.21. The van der Waals surface area contributed by atoms with Crippen molar-refractivity contribution in [1.29, 1.82) is 0 Å². The molecule has 1 aliphatic rings. The standard InChI is InChI=1S/C22H16BrN3/c23-18-10-4-8-17(14-18)22-25-20(15-6-2-1-3-7-15)19-12-11-16-9-5-13-24-21(16)26(19)22/h2,4-14H,1,3H2. The molecule has 0 saturated carbocycles. The number of halogens is 1. The van der Waals surface area contributed by atoms with Crippen molar-refractivity contribution in [2.75, 3.05) is 0 Å². The Hall–Kier alpha value is -2.72. The normalized spacial score (nSPS) is 14.1. The van der Waals surface area contributed by atoms with Crippen molar-refractivity contribution in [3.05, 3.63) is 83.1 Å². The molecule has 1 aromatic carbocycles. The van der Waals surface area contributed by atoms with Gasteiger partial charge in [0.25, 0.3) is 0 Å². The van der Waals surface area contributed by atoms with Gasteiger partial charge in [-0.1, -0.05) is 46.3 Å². The third-order valence-electron chi connectivity index (χ3n) is 4.71. The van der Waals surface area contributed by atoms with Crippen molar-refractivity contribution < 1.29 is 0 Å². The molecule has 0 saturated heterocycles. The number of rotatable bonds is 2. The summed E-state index contributed by atoms with van der Waals surface area (Å²) in [4.78, 5) is 9.71. The van der Waals surface area contributed by atoms with Crippen LogP contribution >= 0.6 is 15.9 Å². The summed E-state index contributed by atoms with van der Waals surface area (Å²) < 4.78 is 3.22. The second kappa shape index (κ2) is 6.22. The highest BCUT2D eigenvalue weighted by Gasteiger charge is 2.18. The van der Waals surface area contributed by atoms with Crippen LogP contribution < -0.4 is 0 Å². The van der Waals surface area contributed by atoms with Crippen LogP contribution in [0.1, 0.15) is 18.5 Å². The lowest BCUT2D eigenvalue weighted by Gasteiger charge is -2.06. The Kier molecular flexibility index (Phi) is 3.71. The fourth-order valence-corrected chi connectivity index (χ4v) is 3.92. The molecule has 3 nitrogen and oxygen atoms in total. The summed E-state index contributed by atoms with van der Waals surface area (Å²) in [5, 5.41) is 1.10. The lowest BCUT2D eigenvalue weighted by Crippen LogP contribution is -1.94. The molecule has 126 valence electrons. The minimum atomic E-state index is 0.917. The maximum absolute atomic E-state index is 5.06. The number of hydrogen-bond acceptors (Lipinski definition) is 2. The van der Waals surface area contributed by atoms with E-state index in [0.29, 0.717) is 0 Å². The highest BCUT2D eigenvalue weighted by molar-refractivity contribution is 9.10. The molecule has 26 heavy (non-hydrogen) atoms. The van der Waals surface area contributed by atoms with Crippen LogP contribution in [-0.2, 0) is 0 Å². The second-order valence-electron chi connectivity index (χ2n) is 6.40. The maximum atomic E-state index is 5.06. The van der Waals surface area contributed by atoms with Gasteiger partial charge in [0.1, 0.15) is 11.5 Å². The van der Waals surface area contributed by atoms with Crippen LogP contribution in [0.3, 0.4) is 0 Å². The first kappa shape index (κ1) is 15.5. The van der Waals surface area contributed by atoms with Crippen LogP contribution in [0.2, 0.25) is 0 Å². The van der Waals surface area contributed by atoms with E-state index in [9.17, 15) is 0 Å². The van der Waals surface area contributed by atoms with Gasteiger partial charge in [-0.2, -0.15) is 0 Å². The number of imidazole rings is 1. The first-order valence-corrected chi connectivity index (χ1v) is 9.50. The molecule has 0 fully saturated rings. The van der Waals surface area contributed by atoms with E-state index in [1.807, 2.05) is 24.4 Å². The van der Waals surface area contributed by atoms with Crippen LogP contribution in [0.25, 0.3) is 33.5 Å². The first-order chi connectivity index (χ1) is 12.8. The molecule has 4 heteroatoms. The van der Waals surface area contributed by atoms with E-state index in [-0.39, 0.29) is 0 Å². The summed E-state index contributed by atoms with van der Waals surface area (Å²) in [5.41, 5.74) is 5.29. The Bertz CT molecular complexity index is 1200. The van der Waals surface area contributed by atoms with Gasteiger partial charge in [0, 0.05) is 21.6 Å². The number of pyridine rings is 2. The third kappa shape index (κ3) is 2.49. The van der Waals surface area contributed by atoms with Gasteiger partial charge in [-0.25, -0.2) is 9.97 Å². The molecule has 0 aliphatic heterocycles. The van der Waals surface area contributed by atoms with E-state index in [4.69, 9.17) is 4.98 Å². The van der Waals surface area contributed by atoms with Crippen molar-refractivity contribution in [2.45, 2.75) is 12.8 Å². The number of hydrogen-bond donors (Lipinski definition) is 0. The molecular weight excluding hydrogens is 386 g/mol. The molecule has 0 spiro atoms. The summed E-state index contributed by atoms with van der Waals surface area (Å²) in [6.07, 6.45) is 10.7. The summed E-state index contributed by atoms with van der Waals surface area (Å²) in [6, 6.07) is 16.6. The summed E-state index contributed by atoms with van der Waals surface area (Å²) >= 11 is 3.58. The Labute approximate surface area is 159 Å². The zero-order valence-corrected chi connectivity index (χ0v) is 15.6. The van der Waals surface area contributed by atoms with Crippen molar-refractivity contribution >= 4 is 38.1 Å². The molecule has 0 amide bonds. The molecule has 0 N–H and O–H groups in total. The van der Waals surface area contributed by atoms with E-state index < -0.39 is 0 Å². The quantitative estimate of drug-likeness (QED) is 0.409. The lowest BCUT2D eigenvalue weighted by molar-refractivity contribution is 1.04. The average molecular weight is 402 g/mol. The summed E-state index contributed by atoms with van der Waals surface area (Å²) in [7, 11) is 0. The van der Waals surface area contributed by atoms with E-state index in [1.165, 1.54) is 5.57 Å². The molecule has 0 bridgehead atoms. The molecule has 3 heterocycles. The van der Waals surface area contributed by atoms with Gasteiger partial charge in [-0.05, 0) is 54.8 Å². The molecule has 0 unspecified atom stereocenters. The smallest absolute Gasteiger partial charge is 0.146 e. The van der Waals surface area contributed by atoms with Gasteiger partial charge in [-0.15, -0.1) is 0 Å². The Morgan fingerprint density at radius 2 is 1.96 bits per heavy atom. The fraction of sp³-hybridized carbons (Fsp3) is 0.0909. The number of aromatic nitrogens is 3. The second-order valence-corrected chi connectivity index (χ2v) is 7.32. The number of allylic oxidation sites excluding steroid dienone is 4. The topological polar surface area (TPSA) is 30.2 Å². The molecule has 5 rings (SSSR count). The molecule has 0 atom stereocenters. The minimum absolute atomic E-state index is 0.917. The van der Waals surface area contributed by atoms with Crippen LogP contribution in [0.5, 0.6) is 0 Å². The van der Waals surface area contributed by atoms with Gasteiger partial charge in [0.15, 0.2) is 0 Å². The van der Waals surface area contributed by atoms with Crippen LogP contribution in [0.15, 0.2) is 77.4 Å². The monoisotopic (exact) mass is 401 g/mol. The van der Waals surface area contributed by atoms with Gasteiger partial charge >= 0.3 is 0 Å². The van der Waals surface area contributed by atoms with E-state index in [1.54, 1.807) is 0 Å². The van der Waals surface area contributed by atoms with Crippen LogP contribution in [-0.4, -0.2) is 14.4 Å². The first-order valence-electron chi connectivity index (χ1n) is 8.70. The summed E-state index contributed by atoms with van der Waals surface area (Å²) in [6.45, 7) is 0. The predicted octanol–water partition coefficient (Wildman–Crippen LogP) is 6.05. The molecule has 1 aliphatic carbocycles. The van der Waals surface area contributed by atoms with Gasteiger partial charge in [0.2, 0.25) is 0 Å². The van der Waals surface area contributed by atoms with Gasteiger partial charge in [-0.3, -0.25) is 4.40 Å². The maximum Gasteiger partial charge on any atom is 0.146 e. The zero-order chi connectivity index (χ0) is 17.5. The summed E-state index contributed by atoms with van der Waals surface area (Å²) in [5.74, 6) is 0.917. The SMILES string of the molecule is Brc1cccc(-c2nc(C3=CCCC=C3)c3ccc4cccnc4n23)c1.